The second kappa shape index (κ2) is 7.74. The summed E-state index contributed by atoms with van der Waals surface area (Å²) < 4.78 is 5.30. The van der Waals surface area contributed by atoms with Crippen LogP contribution in [0.2, 0.25) is 0 Å². The molecule has 0 unspecified atom stereocenters. The van der Waals surface area contributed by atoms with Crippen molar-refractivity contribution < 1.29 is 0 Å². The van der Waals surface area contributed by atoms with Gasteiger partial charge in [0.25, 0.3) is 0 Å². The zero-order valence-electron chi connectivity index (χ0n) is 8.74. The van der Waals surface area contributed by atoms with Crippen LogP contribution in [-0.4, -0.2) is 4.37 Å². The van der Waals surface area contributed by atoms with E-state index in [0.29, 0.717) is 0 Å². The van der Waals surface area contributed by atoms with Gasteiger partial charge in [-0.3, -0.25) is 0 Å². The Labute approximate surface area is 84.6 Å². The molecule has 0 aliphatic carbocycles. The van der Waals surface area contributed by atoms with Crippen LogP contribution in [0.25, 0.3) is 10.1 Å². The van der Waals surface area contributed by atoms with Gasteiger partial charge in [0.05, 0.1) is 4.70 Å². The maximum absolute atomic E-state index is 4.04. The Morgan fingerprint density at radius 1 is 1.00 bits per heavy atom. The Balaban J connectivity index is 0.000000322. The van der Waals surface area contributed by atoms with Gasteiger partial charge in [0.15, 0.2) is 0 Å². The van der Waals surface area contributed by atoms with Crippen molar-refractivity contribution in [3.05, 3.63) is 30.5 Å². The maximum Gasteiger partial charge on any atom is 0.0549 e. The van der Waals surface area contributed by atoms with Gasteiger partial charge >= 0.3 is 0 Å². The van der Waals surface area contributed by atoms with E-state index in [0.717, 1.165) is 0 Å². The van der Waals surface area contributed by atoms with Gasteiger partial charge in [-0.05, 0) is 17.6 Å². The Kier molecular flexibility index (Phi) is 7.21. The predicted molar refractivity (Wildman–Crippen MR) is 62.3 cm³/mol. The number of aromatic nitrogens is 1. The molecule has 0 N–H and O–H groups in total. The van der Waals surface area contributed by atoms with E-state index in [1.165, 1.54) is 21.6 Å². The van der Waals surface area contributed by atoms with Gasteiger partial charge in [0.1, 0.15) is 0 Å². The van der Waals surface area contributed by atoms with Gasteiger partial charge in [-0.2, -0.15) is 4.37 Å². The van der Waals surface area contributed by atoms with Crippen LogP contribution >= 0.6 is 11.5 Å². The third-order valence-electron chi connectivity index (χ3n) is 1.26. The highest BCUT2D eigenvalue weighted by molar-refractivity contribution is 7.13. The lowest BCUT2D eigenvalue weighted by molar-refractivity contribution is 1.50. The summed E-state index contributed by atoms with van der Waals surface area (Å²) in [4.78, 5) is 0. The minimum atomic E-state index is 1.24. The summed E-state index contributed by atoms with van der Waals surface area (Å²) in [7, 11) is 0. The van der Waals surface area contributed by atoms with Crippen LogP contribution in [0.15, 0.2) is 30.5 Å². The first-order valence-corrected chi connectivity index (χ1v) is 5.53. The molecule has 0 aliphatic rings. The molecule has 0 radical (unpaired) electrons. The van der Waals surface area contributed by atoms with E-state index in [2.05, 4.69) is 16.5 Å². The SMILES string of the molecule is CC.CC.c1ccc2sncc2c1. The molecule has 72 valence electrons. The lowest BCUT2D eigenvalue weighted by atomic mass is 10.3. The van der Waals surface area contributed by atoms with Gasteiger partial charge in [0, 0.05) is 11.6 Å². The van der Waals surface area contributed by atoms with Crippen molar-refractivity contribution in [1.82, 2.24) is 4.37 Å². The minimum Gasteiger partial charge on any atom is -0.200 e. The molecule has 0 aliphatic heterocycles. The van der Waals surface area contributed by atoms with Crippen molar-refractivity contribution in [2.75, 3.05) is 0 Å². The van der Waals surface area contributed by atoms with Crippen molar-refractivity contribution in [1.29, 1.82) is 0 Å². The van der Waals surface area contributed by atoms with E-state index in [9.17, 15) is 0 Å². The number of hydrogen-bond acceptors (Lipinski definition) is 2. The topological polar surface area (TPSA) is 12.9 Å². The third-order valence-corrected chi connectivity index (χ3v) is 2.04. The van der Waals surface area contributed by atoms with Gasteiger partial charge in [-0.1, -0.05) is 45.9 Å². The predicted octanol–water partition coefficient (Wildman–Crippen LogP) is 4.35. The van der Waals surface area contributed by atoms with E-state index >= 15 is 0 Å². The van der Waals surface area contributed by atoms with E-state index in [-0.39, 0.29) is 0 Å². The Bertz CT molecular complexity index is 284. The maximum atomic E-state index is 4.04. The van der Waals surface area contributed by atoms with E-state index in [4.69, 9.17) is 0 Å². The largest absolute Gasteiger partial charge is 0.200 e. The molecule has 0 atom stereocenters. The molecular formula is C11H17NS. The van der Waals surface area contributed by atoms with Crippen LogP contribution in [0.1, 0.15) is 27.7 Å². The highest BCUT2D eigenvalue weighted by Crippen LogP contribution is 2.15. The van der Waals surface area contributed by atoms with Crippen LogP contribution in [0.3, 0.4) is 0 Å². The fourth-order valence-electron chi connectivity index (χ4n) is 0.810. The zero-order valence-corrected chi connectivity index (χ0v) is 9.56. The van der Waals surface area contributed by atoms with Crippen LogP contribution < -0.4 is 0 Å². The standard InChI is InChI=1S/C7H5NS.2C2H6/c1-2-4-7-6(3-1)5-8-9-7;2*1-2/h1-5H;2*1-2H3. The van der Waals surface area contributed by atoms with Crippen LogP contribution in [0.4, 0.5) is 0 Å². The van der Waals surface area contributed by atoms with Crippen LogP contribution in [-0.2, 0) is 0 Å². The first-order chi connectivity index (χ1) is 6.47. The zero-order chi connectivity index (χ0) is 10.1. The molecule has 1 nitrogen and oxygen atoms in total. The van der Waals surface area contributed by atoms with Crippen LogP contribution in [0, 0.1) is 0 Å². The molecular weight excluding hydrogens is 178 g/mol. The average Bonchev–Trinajstić information content (AvgIpc) is 2.71. The molecule has 0 amide bonds. The summed E-state index contributed by atoms with van der Waals surface area (Å²) in [5, 5.41) is 1.24. The van der Waals surface area contributed by atoms with E-state index in [1.807, 2.05) is 46.0 Å². The fraction of sp³-hybridized carbons (Fsp3) is 0.364. The van der Waals surface area contributed by atoms with Gasteiger partial charge in [0.2, 0.25) is 0 Å². The van der Waals surface area contributed by atoms with Crippen molar-refractivity contribution in [2.24, 2.45) is 0 Å². The molecule has 0 saturated heterocycles. The monoisotopic (exact) mass is 195 g/mol. The first-order valence-electron chi connectivity index (χ1n) is 4.76. The molecule has 1 heterocycles. The van der Waals surface area contributed by atoms with Crippen LogP contribution in [0.5, 0.6) is 0 Å². The molecule has 13 heavy (non-hydrogen) atoms. The Morgan fingerprint density at radius 3 is 2.23 bits per heavy atom. The summed E-state index contributed by atoms with van der Waals surface area (Å²) in [5.41, 5.74) is 0. The number of rotatable bonds is 0. The smallest absolute Gasteiger partial charge is 0.0549 e. The number of fused-ring (bicyclic) bond motifs is 1. The molecule has 0 spiro atoms. The molecule has 1 aromatic carbocycles. The fourth-order valence-corrected chi connectivity index (χ4v) is 1.46. The quantitative estimate of drug-likeness (QED) is 0.609. The van der Waals surface area contributed by atoms with Crippen molar-refractivity contribution in [3.8, 4) is 0 Å². The summed E-state index contributed by atoms with van der Waals surface area (Å²) in [6.07, 6.45) is 1.89. The highest BCUT2D eigenvalue weighted by Gasteiger charge is 1.89. The molecule has 2 rings (SSSR count). The van der Waals surface area contributed by atoms with Gasteiger partial charge in [-0.25, -0.2) is 0 Å². The number of benzene rings is 1. The van der Waals surface area contributed by atoms with Gasteiger partial charge in [-0.15, -0.1) is 0 Å². The third kappa shape index (κ3) is 3.55. The van der Waals surface area contributed by atoms with Crippen molar-refractivity contribution in [2.45, 2.75) is 27.7 Å². The summed E-state index contributed by atoms with van der Waals surface area (Å²) in [5.74, 6) is 0. The molecule has 1 aromatic heterocycles. The number of nitrogens with zero attached hydrogens (tertiary/aromatic N) is 1. The summed E-state index contributed by atoms with van der Waals surface area (Å²) in [6.45, 7) is 8.00. The number of hydrogen-bond donors (Lipinski definition) is 0. The Morgan fingerprint density at radius 2 is 1.62 bits per heavy atom. The van der Waals surface area contributed by atoms with Gasteiger partial charge < -0.3 is 0 Å². The molecule has 0 fully saturated rings. The molecule has 2 heteroatoms. The Hall–Kier alpha value is -0.890. The second-order valence-corrected chi connectivity index (χ2v) is 2.70. The molecule has 0 saturated carbocycles. The summed E-state index contributed by atoms with van der Waals surface area (Å²) >= 11 is 1.54. The van der Waals surface area contributed by atoms with Crippen molar-refractivity contribution in [3.63, 3.8) is 0 Å². The first kappa shape index (κ1) is 12.1. The minimum absolute atomic E-state index is 1.24. The molecule has 2 aromatic rings. The highest BCUT2D eigenvalue weighted by atomic mass is 32.1. The van der Waals surface area contributed by atoms with E-state index < -0.39 is 0 Å². The second-order valence-electron chi connectivity index (χ2n) is 1.86. The normalized spacial score (nSPS) is 8.00. The van der Waals surface area contributed by atoms with Crippen molar-refractivity contribution >= 4 is 21.6 Å². The lowest BCUT2D eigenvalue weighted by Crippen LogP contribution is -1.56. The average molecular weight is 195 g/mol. The lowest BCUT2D eigenvalue weighted by Gasteiger charge is -1.80. The summed E-state index contributed by atoms with van der Waals surface area (Å²) in [6, 6.07) is 8.20. The molecule has 0 bridgehead atoms. The van der Waals surface area contributed by atoms with E-state index in [1.54, 1.807) is 0 Å².